The molecule has 0 saturated carbocycles. The van der Waals surface area contributed by atoms with Gasteiger partial charge in [0.1, 0.15) is 0 Å². The summed E-state index contributed by atoms with van der Waals surface area (Å²) in [5.41, 5.74) is -0.268. The number of imidazole rings is 1. The van der Waals surface area contributed by atoms with Gasteiger partial charge in [0.15, 0.2) is 11.2 Å². The molecule has 2 aromatic rings. The van der Waals surface area contributed by atoms with E-state index in [9.17, 15) is 9.59 Å². The molecule has 2 aromatic heterocycles. The molecule has 0 aliphatic carbocycles. The fraction of sp³-hybridized carbons (Fsp3) is 0.545. The average molecular weight is 320 g/mol. The fourth-order valence-electron chi connectivity index (χ4n) is 2.10. The number of aryl methyl sites for hydroxylation is 2. The van der Waals surface area contributed by atoms with Crippen LogP contribution in [0.1, 0.15) is 0 Å². The van der Waals surface area contributed by atoms with Gasteiger partial charge in [-0.2, -0.15) is 4.98 Å². The van der Waals surface area contributed by atoms with Crippen LogP contribution in [0.15, 0.2) is 9.59 Å². The van der Waals surface area contributed by atoms with Crippen molar-refractivity contribution >= 4 is 40.3 Å². The highest BCUT2D eigenvalue weighted by atomic mass is 35.5. The minimum atomic E-state index is -0.492. The topological polar surface area (TPSA) is 75.9 Å². The Kier molecular flexibility index (Phi) is 4.39. The van der Waals surface area contributed by atoms with Crippen molar-refractivity contribution < 1.29 is 0 Å². The third kappa shape index (κ3) is 2.43. The predicted octanol–water partition coefficient (Wildman–Crippen LogP) is 0.244. The van der Waals surface area contributed by atoms with E-state index in [1.165, 1.54) is 4.57 Å². The van der Waals surface area contributed by atoms with E-state index in [-0.39, 0.29) is 0 Å². The minimum Gasteiger partial charge on any atom is -0.340 e. The van der Waals surface area contributed by atoms with Crippen molar-refractivity contribution in [3.05, 3.63) is 20.8 Å². The first kappa shape index (κ1) is 14.9. The predicted molar refractivity (Wildman–Crippen MR) is 80.2 cm³/mol. The molecule has 0 amide bonds. The number of anilines is 1. The number of rotatable bonds is 5. The smallest absolute Gasteiger partial charge is 0.329 e. The third-order valence-corrected chi connectivity index (χ3v) is 3.44. The normalized spacial score (nSPS) is 11.2. The number of hydrogen-bond donors (Lipinski definition) is 1. The summed E-state index contributed by atoms with van der Waals surface area (Å²) >= 11 is 11.6. The monoisotopic (exact) mass is 319 g/mol. The van der Waals surface area contributed by atoms with Gasteiger partial charge < -0.3 is 9.47 Å². The summed E-state index contributed by atoms with van der Waals surface area (Å²) in [7, 11) is 3.28. The zero-order valence-electron chi connectivity index (χ0n) is 11.2. The molecular weight excluding hydrogens is 305 g/mol. The zero-order chi connectivity index (χ0) is 14.9. The molecule has 20 heavy (non-hydrogen) atoms. The van der Waals surface area contributed by atoms with Crippen LogP contribution < -0.4 is 16.1 Å². The van der Waals surface area contributed by atoms with Crippen LogP contribution in [-0.4, -0.2) is 44.0 Å². The van der Waals surface area contributed by atoms with Gasteiger partial charge in [0.25, 0.3) is 5.56 Å². The van der Waals surface area contributed by atoms with Crippen molar-refractivity contribution in [1.29, 1.82) is 0 Å². The van der Waals surface area contributed by atoms with E-state index in [1.807, 2.05) is 4.90 Å². The Morgan fingerprint density at radius 2 is 1.75 bits per heavy atom. The largest absolute Gasteiger partial charge is 0.340 e. The Morgan fingerprint density at radius 3 is 2.30 bits per heavy atom. The van der Waals surface area contributed by atoms with E-state index < -0.39 is 11.2 Å². The zero-order valence-corrected chi connectivity index (χ0v) is 12.7. The summed E-state index contributed by atoms with van der Waals surface area (Å²) in [5.74, 6) is 1.39. The molecule has 2 heterocycles. The van der Waals surface area contributed by atoms with Gasteiger partial charge in [-0.15, -0.1) is 23.2 Å². The molecular formula is C11H15Cl2N5O2. The molecule has 0 bridgehead atoms. The van der Waals surface area contributed by atoms with Gasteiger partial charge in [-0.3, -0.25) is 14.3 Å². The van der Waals surface area contributed by atoms with Gasteiger partial charge in [0.05, 0.1) is 0 Å². The molecule has 2 rings (SSSR count). The molecule has 7 nitrogen and oxygen atoms in total. The van der Waals surface area contributed by atoms with Gasteiger partial charge >= 0.3 is 5.69 Å². The van der Waals surface area contributed by atoms with Gasteiger partial charge in [-0.1, -0.05) is 0 Å². The van der Waals surface area contributed by atoms with Crippen LogP contribution in [0.3, 0.4) is 0 Å². The summed E-state index contributed by atoms with van der Waals surface area (Å²) in [6, 6.07) is 0. The maximum atomic E-state index is 11.9. The van der Waals surface area contributed by atoms with Gasteiger partial charge in [0.2, 0.25) is 5.95 Å². The lowest BCUT2D eigenvalue weighted by Crippen LogP contribution is -2.30. The number of nitrogens with zero attached hydrogens (tertiary/aromatic N) is 4. The maximum Gasteiger partial charge on any atom is 0.329 e. The maximum absolute atomic E-state index is 11.9. The van der Waals surface area contributed by atoms with E-state index in [4.69, 9.17) is 23.2 Å². The van der Waals surface area contributed by atoms with Crippen LogP contribution in [0, 0.1) is 0 Å². The highest BCUT2D eigenvalue weighted by molar-refractivity contribution is 6.18. The highest BCUT2D eigenvalue weighted by Gasteiger charge is 2.18. The number of halogens is 2. The highest BCUT2D eigenvalue weighted by Crippen LogP contribution is 2.17. The lowest BCUT2D eigenvalue weighted by atomic mass is 10.5. The lowest BCUT2D eigenvalue weighted by molar-refractivity contribution is 0.788. The lowest BCUT2D eigenvalue weighted by Gasteiger charge is -2.21. The van der Waals surface area contributed by atoms with Crippen LogP contribution in [0.4, 0.5) is 5.95 Å². The second-order valence-electron chi connectivity index (χ2n) is 4.33. The number of nitrogens with one attached hydrogen (secondary N) is 1. The van der Waals surface area contributed by atoms with Crippen LogP contribution >= 0.6 is 23.2 Å². The minimum absolute atomic E-state index is 0.338. The van der Waals surface area contributed by atoms with Gasteiger partial charge in [-0.25, -0.2) is 4.79 Å². The van der Waals surface area contributed by atoms with E-state index in [0.717, 1.165) is 0 Å². The van der Waals surface area contributed by atoms with Crippen molar-refractivity contribution in [2.45, 2.75) is 0 Å². The van der Waals surface area contributed by atoms with Gasteiger partial charge in [0, 0.05) is 38.9 Å². The molecule has 110 valence electrons. The van der Waals surface area contributed by atoms with Crippen LogP contribution in [-0.2, 0) is 14.1 Å². The molecule has 0 aromatic carbocycles. The molecule has 0 radical (unpaired) electrons. The number of alkyl halides is 2. The Balaban J connectivity index is 2.70. The molecule has 0 fully saturated rings. The van der Waals surface area contributed by atoms with Crippen LogP contribution in [0.5, 0.6) is 0 Å². The van der Waals surface area contributed by atoms with Gasteiger partial charge in [-0.05, 0) is 0 Å². The molecule has 1 N–H and O–H groups in total. The number of hydrogen-bond acceptors (Lipinski definition) is 4. The number of aromatic nitrogens is 4. The second kappa shape index (κ2) is 5.88. The Bertz CT molecular complexity index is 727. The quantitative estimate of drug-likeness (QED) is 0.801. The fourth-order valence-corrected chi connectivity index (χ4v) is 2.50. The second-order valence-corrected chi connectivity index (χ2v) is 5.08. The SMILES string of the molecule is Cn1c(N(CCCl)CCCl)nc2c1c(=O)[nH]c(=O)n2C. The van der Waals surface area contributed by atoms with Crippen molar-refractivity contribution in [2.75, 3.05) is 29.7 Å². The summed E-state index contributed by atoms with van der Waals surface area (Å²) in [5, 5.41) is 0. The summed E-state index contributed by atoms with van der Waals surface area (Å²) in [6.45, 7) is 1.11. The molecule has 0 unspecified atom stereocenters. The molecule has 0 aliphatic rings. The van der Waals surface area contributed by atoms with E-state index in [2.05, 4.69) is 9.97 Å². The molecule has 0 spiro atoms. The van der Waals surface area contributed by atoms with Crippen molar-refractivity contribution in [1.82, 2.24) is 19.1 Å². The summed E-state index contributed by atoms with van der Waals surface area (Å²) in [4.78, 5) is 32.0. The Labute approximate surface area is 124 Å². The van der Waals surface area contributed by atoms with E-state index >= 15 is 0 Å². The first-order valence-corrected chi connectivity index (χ1v) is 7.10. The van der Waals surface area contributed by atoms with Crippen molar-refractivity contribution in [3.63, 3.8) is 0 Å². The molecule has 0 atom stereocenters. The summed E-state index contributed by atoms with van der Waals surface area (Å²) < 4.78 is 2.95. The van der Waals surface area contributed by atoms with E-state index in [0.29, 0.717) is 42.0 Å². The number of aromatic amines is 1. The standard InChI is InChI=1S/C11H15Cl2N5O2/c1-16-7-8(17(2)11(20)15-9(7)19)14-10(16)18(5-3-12)6-4-13/h3-6H2,1-2H3,(H,15,19,20). The first-order chi connectivity index (χ1) is 9.51. The van der Waals surface area contributed by atoms with Crippen LogP contribution in [0.2, 0.25) is 0 Å². The number of H-pyrrole nitrogens is 1. The first-order valence-electron chi connectivity index (χ1n) is 6.03. The molecule has 9 heteroatoms. The van der Waals surface area contributed by atoms with Crippen molar-refractivity contribution in [3.8, 4) is 0 Å². The van der Waals surface area contributed by atoms with E-state index in [1.54, 1.807) is 18.7 Å². The van der Waals surface area contributed by atoms with Crippen molar-refractivity contribution in [2.24, 2.45) is 14.1 Å². The Morgan fingerprint density at radius 1 is 1.15 bits per heavy atom. The average Bonchev–Trinajstić information content (AvgIpc) is 2.74. The third-order valence-electron chi connectivity index (χ3n) is 3.10. The molecule has 0 saturated heterocycles. The number of fused-ring (bicyclic) bond motifs is 1. The Hall–Kier alpha value is -1.47. The molecule has 0 aliphatic heterocycles. The van der Waals surface area contributed by atoms with Crippen LogP contribution in [0.25, 0.3) is 11.2 Å². The summed E-state index contributed by atoms with van der Waals surface area (Å²) in [6.07, 6.45) is 0.